The van der Waals surface area contributed by atoms with Gasteiger partial charge in [-0.05, 0) is 24.6 Å². The zero-order valence-electron chi connectivity index (χ0n) is 13.7. The molecule has 2 rings (SSSR count). The van der Waals surface area contributed by atoms with Crippen molar-refractivity contribution >= 4 is 0 Å². The Morgan fingerprint density at radius 3 is 2.09 bits per heavy atom. The topological polar surface area (TPSA) is 33.7 Å². The summed E-state index contributed by atoms with van der Waals surface area (Å²) in [5.74, 6) is 0.879. The van der Waals surface area contributed by atoms with E-state index >= 15 is 0 Å². The van der Waals surface area contributed by atoms with Gasteiger partial charge in [0.15, 0.2) is 0 Å². The number of rotatable bonds is 5. The van der Waals surface area contributed by atoms with Crippen molar-refractivity contribution in [1.29, 1.82) is 0 Å². The Bertz CT molecular complexity index is 504. The third-order valence-corrected chi connectivity index (χ3v) is 4.04. The fourth-order valence-corrected chi connectivity index (χ4v) is 3.03. The second-order valence-electron chi connectivity index (χ2n) is 5.70. The molecule has 1 aliphatic heterocycles. The fourth-order valence-electron chi connectivity index (χ4n) is 3.03. The van der Waals surface area contributed by atoms with Crippen molar-refractivity contribution in [3.8, 4) is 11.5 Å². The van der Waals surface area contributed by atoms with Gasteiger partial charge in [-0.2, -0.15) is 13.2 Å². The largest absolute Gasteiger partial charge is 0.496 e. The molecule has 0 aromatic heterocycles. The van der Waals surface area contributed by atoms with Crippen LogP contribution in [0.4, 0.5) is 13.2 Å². The van der Waals surface area contributed by atoms with Crippen LogP contribution >= 0.6 is 0 Å². The summed E-state index contributed by atoms with van der Waals surface area (Å²) in [5.41, 5.74) is 1.35. The molecule has 1 fully saturated rings. The first-order chi connectivity index (χ1) is 10.9. The minimum absolute atomic E-state index is 0.439. The zero-order chi connectivity index (χ0) is 17.0. The maximum absolute atomic E-state index is 13.2. The van der Waals surface area contributed by atoms with E-state index < -0.39 is 18.6 Å². The summed E-state index contributed by atoms with van der Waals surface area (Å²) in [6, 6.07) is 2.69. The standard InChI is InChI=1S/C16H23F3N2O2/c1-11-8-13(22-2)15(14(9-11)23-3)12(10-16(17,18)19)21-6-4-20-5-7-21/h8-9,12,20H,4-7,10H2,1-3H3/t12-/m0/s1. The molecule has 0 radical (unpaired) electrons. The van der Waals surface area contributed by atoms with Crippen LogP contribution in [-0.2, 0) is 0 Å². The number of nitrogens with one attached hydrogen (secondary N) is 1. The molecular weight excluding hydrogens is 309 g/mol. The lowest BCUT2D eigenvalue weighted by Gasteiger charge is -2.36. The number of piperazine rings is 1. The molecule has 0 aliphatic carbocycles. The molecule has 1 aliphatic rings. The van der Waals surface area contributed by atoms with Crippen LogP contribution in [0.1, 0.15) is 23.6 Å². The van der Waals surface area contributed by atoms with Gasteiger partial charge in [-0.25, -0.2) is 0 Å². The Morgan fingerprint density at radius 2 is 1.65 bits per heavy atom. The molecule has 0 amide bonds. The van der Waals surface area contributed by atoms with Crippen molar-refractivity contribution in [1.82, 2.24) is 10.2 Å². The van der Waals surface area contributed by atoms with Crippen LogP contribution < -0.4 is 14.8 Å². The SMILES string of the molecule is COc1cc(C)cc(OC)c1[C@H](CC(F)(F)F)N1CCNCC1. The summed E-state index contributed by atoms with van der Waals surface area (Å²) < 4.78 is 50.2. The molecule has 1 aromatic carbocycles. The minimum Gasteiger partial charge on any atom is -0.496 e. The highest BCUT2D eigenvalue weighted by Crippen LogP contribution is 2.43. The predicted octanol–water partition coefficient (Wildman–Crippen LogP) is 2.91. The Kier molecular flexibility index (Phi) is 5.75. The highest BCUT2D eigenvalue weighted by atomic mass is 19.4. The van der Waals surface area contributed by atoms with E-state index in [-0.39, 0.29) is 0 Å². The molecule has 1 N–H and O–H groups in total. The molecule has 0 spiro atoms. The van der Waals surface area contributed by atoms with E-state index in [0.29, 0.717) is 43.2 Å². The van der Waals surface area contributed by atoms with E-state index in [1.54, 1.807) is 12.1 Å². The third kappa shape index (κ3) is 4.51. The first-order valence-electron chi connectivity index (χ1n) is 7.59. The number of hydrogen-bond donors (Lipinski definition) is 1. The zero-order valence-corrected chi connectivity index (χ0v) is 13.7. The summed E-state index contributed by atoms with van der Waals surface area (Å²) >= 11 is 0. The maximum atomic E-state index is 13.2. The molecule has 7 heteroatoms. The predicted molar refractivity (Wildman–Crippen MR) is 82.1 cm³/mol. The Labute approximate surface area is 134 Å². The number of hydrogen-bond acceptors (Lipinski definition) is 4. The Balaban J connectivity index is 2.48. The molecule has 1 heterocycles. The lowest BCUT2D eigenvalue weighted by atomic mass is 9.97. The lowest BCUT2D eigenvalue weighted by molar-refractivity contribution is -0.149. The Hall–Kier alpha value is -1.47. The van der Waals surface area contributed by atoms with Gasteiger partial charge in [-0.1, -0.05) is 0 Å². The van der Waals surface area contributed by atoms with Crippen LogP contribution in [-0.4, -0.2) is 51.5 Å². The first-order valence-corrected chi connectivity index (χ1v) is 7.59. The molecule has 0 saturated carbocycles. The molecule has 1 aromatic rings. The van der Waals surface area contributed by atoms with E-state index in [0.717, 1.165) is 5.56 Å². The quantitative estimate of drug-likeness (QED) is 0.899. The fraction of sp³-hybridized carbons (Fsp3) is 0.625. The van der Waals surface area contributed by atoms with Crippen molar-refractivity contribution in [2.24, 2.45) is 0 Å². The number of ether oxygens (including phenoxy) is 2. The van der Waals surface area contributed by atoms with E-state index in [2.05, 4.69) is 5.32 Å². The molecule has 23 heavy (non-hydrogen) atoms. The molecule has 0 bridgehead atoms. The molecule has 0 unspecified atom stereocenters. The number of nitrogens with zero attached hydrogens (tertiary/aromatic N) is 1. The smallest absolute Gasteiger partial charge is 0.390 e. The normalized spacial score (nSPS) is 17.8. The second-order valence-corrected chi connectivity index (χ2v) is 5.70. The van der Waals surface area contributed by atoms with Gasteiger partial charge in [0.1, 0.15) is 11.5 Å². The summed E-state index contributed by atoms with van der Waals surface area (Å²) in [6.07, 6.45) is -5.20. The van der Waals surface area contributed by atoms with Gasteiger partial charge in [0.05, 0.1) is 32.2 Å². The van der Waals surface area contributed by atoms with Crippen molar-refractivity contribution in [3.05, 3.63) is 23.3 Å². The molecule has 1 atom stereocenters. The number of aryl methyl sites for hydroxylation is 1. The Morgan fingerprint density at radius 1 is 1.13 bits per heavy atom. The van der Waals surface area contributed by atoms with Crippen molar-refractivity contribution in [2.45, 2.75) is 25.6 Å². The van der Waals surface area contributed by atoms with Crippen LogP contribution in [0.3, 0.4) is 0 Å². The summed E-state index contributed by atoms with van der Waals surface area (Å²) in [4.78, 5) is 1.85. The van der Waals surface area contributed by atoms with Gasteiger partial charge in [-0.3, -0.25) is 4.90 Å². The number of methoxy groups -OCH3 is 2. The number of benzene rings is 1. The van der Waals surface area contributed by atoms with Gasteiger partial charge in [-0.15, -0.1) is 0 Å². The van der Waals surface area contributed by atoms with E-state index in [9.17, 15) is 13.2 Å². The van der Waals surface area contributed by atoms with Crippen LogP contribution in [0.5, 0.6) is 11.5 Å². The monoisotopic (exact) mass is 332 g/mol. The highest BCUT2D eigenvalue weighted by molar-refractivity contribution is 5.50. The van der Waals surface area contributed by atoms with Crippen molar-refractivity contribution in [3.63, 3.8) is 0 Å². The summed E-state index contributed by atoms with van der Waals surface area (Å²) in [7, 11) is 2.94. The minimum atomic E-state index is -4.27. The van der Waals surface area contributed by atoms with Gasteiger partial charge in [0.2, 0.25) is 0 Å². The van der Waals surface area contributed by atoms with Gasteiger partial charge in [0, 0.05) is 26.2 Å². The van der Waals surface area contributed by atoms with Gasteiger partial charge >= 0.3 is 6.18 Å². The van der Waals surface area contributed by atoms with Crippen LogP contribution in [0, 0.1) is 6.92 Å². The average Bonchev–Trinajstić information content (AvgIpc) is 2.52. The van der Waals surface area contributed by atoms with Crippen LogP contribution in [0.25, 0.3) is 0 Å². The molecular formula is C16H23F3N2O2. The number of halogens is 3. The summed E-state index contributed by atoms with van der Waals surface area (Å²) in [6.45, 7) is 4.32. The molecule has 130 valence electrons. The van der Waals surface area contributed by atoms with Crippen LogP contribution in [0.15, 0.2) is 12.1 Å². The van der Waals surface area contributed by atoms with Crippen LogP contribution in [0.2, 0.25) is 0 Å². The van der Waals surface area contributed by atoms with Crippen molar-refractivity contribution < 1.29 is 22.6 Å². The maximum Gasteiger partial charge on any atom is 0.390 e. The van der Waals surface area contributed by atoms with Gasteiger partial charge in [0.25, 0.3) is 0 Å². The highest BCUT2D eigenvalue weighted by Gasteiger charge is 2.38. The number of alkyl halides is 3. The van der Waals surface area contributed by atoms with E-state index in [4.69, 9.17) is 9.47 Å². The molecule has 1 saturated heterocycles. The summed E-state index contributed by atoms with van der Waals surface area (Å²) in [5, 5.41) is 3.16. The second kappa shape index (κ2) is 7.40. The average molecular weight is 332 g/mol. The first kappa shape index (κ1) is 17.9. The van der Waals surface area contributed by atoms with E-state index in [1.165, 1.54) is 14.2 Å². The lowest BCUT2D eigenvalue weighted by Crippen LogP contribution is -2.46. The molecule has 4 nitrogen and oxygen atoms in total. The third-order valence-electron chi connectivity index (χ3n) is 4.04. The van der Waals surface area contributed by atoms with Gasteiger partial charge < -0.3 is 14.8 Å². The van der Waals surface area contributed by atoms with Crippen molar-refractivity contribution in [2.75, 3.05) is 40.4 Å². The van der Waals surface area contributed by atoms with E-state index in [1.807, 2.05) is 11.8 Å².